The Morgan fingerprint density at radius 3 is 2.32 bits per heavy atom. The van der Waals surface area contributed by atoms with E-state index in [-0.39, 0.29) is 0 Å². The van der Waals surface area contributed by atoms with Crippen LogP contribution in [0.3, 0.4) is 0 Å². The first-order valence-corrected chi connectivity index (χ1v) is 5.89. The van der Waals surface area contributed by atoms with Crippen molar-refractivity contribution < 1.29 is 31.5 Å². The number of rotatable bonds is 4. The Labute approximate surface area is 113 Å². The highest BCUT2D eigenvalue weighted by Gasteiger charge is 2.32. The number of ketones is 1. The molecule has 1 atom stereocenters. The summed E-state index contributed by atoms with van der Waals surface area (Å²) in [4.78, 5) is 10.9. The summed E-state index contributed by atoms with van der Waals surface area (Å²) in [6.07, 6.45) is -7.92. The Morgan fingerprint density at radius 2 is 1.89 bits per heavy atom. The third-order valence-corrected chi connectivity index (χ3v) is 2.54. The zero-order chi connectivity index (χ0) is 14.8. The molecule has 0 N–H and O–H groups in total. The van der Waals surface area contributed by atoms with Crippen LogP contribution < -0.4 is 4.74 Å². The van der Waals surface area contributed by atoms with Gasteiger partial charge in [-0.3, -0.25) is 4.79 Å². The highest BCUT2D eigenvalue weighted by molar-refractivity contribution is 9.10. The van der Waals surface area contributed by atoms with E-state index in [9.17, 15) is 26.7 Å². The van der Waals surface area contributed by atoms with E-state index in [0.29, 0.717) is 6.07 Å². The fraction of sp³-hybridized carbons (Fsp3) is 0.364. The van der Waals surface area contributed by atoms with Crippen LogP contribution in [0.4, 0.5) is 22.0 Å². The molecular weight excluding hydrogens is 339 g/mol. The van der Waals surface area contributed by atoms with Crippen molar-refractivity contribution in [3.63, 3.8) is 0 Å². The van der Waals surface area contributed by atoms with Gasteiger partial charge in [0, 0.05) is 11.1 Å². The molecule has 0 saturated heterocycles. The SMILES string of the molecule is CC(Br)C(=O)c1cc(OC(F)(F)F)ccc1C(F)F. The van der Waals surface area contributed by atoms with Gasteiger partial charge in [-0.1, -0.05) is 15.9 Å². The molecule has 0 aliphatic rings. The summed E-state index contributed by atoms with van der Waals surface area (Å²) < 4.78 is 65.1. The normalized spacial score (nSPS) is 13.5. The van der Waals surface area contributed by atoms with Crippen LogP contribution in [0.1, 0.15) is 29.3 Å². The summed E-state index contributed by atoms with van der Waals surface area (Å²) in [6, 6.07) is 2.15. The average Bonchev–Trinajstić information content (AvgIpc) is 2.25. The van der Waals surface area contributed by atoms with Crippen molar-refractivity contribution in [3.8, 4) is 5.75 Å². The summed E-state index contributed by atoms with van der Waals surface area (Å²) in [7, 11) is 0. The lowest BCUT2D eigenvalue weighted by molar-refractivity contribution is -0.274. The van der Waals surface area contributed by atoms with Crippen molar-refractivity contribution in [2.24, 2.45) is 0 Å². The van der Waals surface area contributed by atoms with Crippen molar-refractivity contribution in [1.29, 1.82) is 0 Å². The van der Waals surface area contributed by atoms with Crippen molar-refractivity contribution in [3.05, 3.63) is 29.3 Å². The zero-order valence-corrected chi connectivity index (χ0v) is 11.1. The standard InChI is InChI=1S/C11H8BrF5O2/c1-5(12)9(18)8-4-6(19-11(15,16)17)2-3-7(8)10(13)14/h2-5,10H,1H3. The van der Waals surface area contributed by atoms with E-state index >= 15 is 0 Å². The van der Waals surface area contributed by atoms with E-state index in [1.807, 2.05) is 0 Å². The van der Waals surface area contributed by atoms with Crippen LogP contribution in [0.2, 0.25) is 0 Å². The topological polar surface area (TPSA) is 26.3 Å². The average molecular weight is 347 g/mol. The second kappa shape index (κ2) is 5.85. The molecule has 0 aliphatic heterocycles. The molecule has 0 aliphatic carbocycles. The quantitative estimate of drug-likeness (QED) is 0.456. The maximum atomic E-state index is 12.7. The summed E-state index contributed by atoms with van der Waals surface area (Å²) in [5.41, 5.74) is -1.13. The molecule has 0 bridgehead atoms. The van der Waals surface area contributed by atoms with Gasteiger partial charge in [0.2, 0.25) is 0 Å². The molecule has 0 aromatic heterocycles. The Hall–Kier alpha value is -1.18. The number of halogens is 6. The summed E-state index contributed by atoms with van der Waals surface area (Å²) in [5, 5.41) is 0. The predicted molar refractivity (Wildman–Crippen MR) is 60.8 cm³/mol. The van der Waals surface area contributed by atoms with Crippen LogP contribution in [-0.2, 0) is 0 Å². The van der Waals surface area contributed by atoms with E-state index in [1.54, 1.807) is 0 Å². The van der Waals surface area contributed by atoms with Gasteiger partial charge in [0.1, 0.15) is 5.75 Å². The molecule has 19 heavy (non-hydrogen) atoms. The fourth-order valence-corrected chi connectivity index (χ4v) is 1.60. The van der Waals surface area contributed by atoms with Gasteiger partial charge in [-0.05, 0) is 25.1 Å². The molecule has 106 valence electrons. The Morgan fingerprint density at radius 1 is 1.32 bits per heavy atom. The smallest absolute Gasteiger partial charge is 0.406 e. The molecule has 8 heteroatoms. The Kier molecular flexibility index (Phi) is 4.89. The van der Waals surface area contributed by atoms with E-state index in [2.05, 4.69) is 20.7 Å². The minimum Gasteiger partial charge on any atom is -0.406 e. The monoisotopic (exact) mass is 346 g/mol. The molecule has 1 unspecified atom stereocenters. The van der Waals surface area contributed by atoms with Crippen LogP contribution in [0, 0.1) is 0 Å². The summed E-state index contributed by atoms with van der Waals surface area (Å²) in [5.74, 6) is -1.46. The number of carbonyl (C=O) groups excluding carboxylic acids is 1. The van der Waals surface area contributed by atoms with Crippen LogP contribution in [0.25, 0.3) is 0 Å². The third-order valence-electron chi connectivity index (χ3n) is 2.12. The minimum atomic E-state index is -4.95. The van der Waals surface area contributed by atoms with Crippen LogP contribution in [0.15, 0.2) is 18.2 Å². The van der Waals surface area contributed by atoms with Gasteiger partial charge in [0.05, 0.1) is 4.83 Å². The number of Topliss-reactive ketones (excluding diaryl/α,β-unsaturated/α-hetero) is 1. The number of carbonyl (C=O) groups is 1. The lowest BCUT2D eigenvalue weighted by Gasteiger charge is -2.13. The third kappa shape index (κ3) is 4.45. The lowest BCUT2D eigenvalue weighted by Crippen LogP contribution is -2.18. The van der Waals surface area contributed by atoms with Gasteiger partial charge in [0.25, 0.3) is 6.43 Å². The van der Waals surface area contributed by atoms with Crippen LogP contribution in [0.5, 0.6) is 5.75 Å². The molecule has 0 radical (unpaired) electrons. The van der Waals surface area contributed by atoms with Gasteiger partial charge in [-0.15, -0.1) is 13.2 Å². The molecule has 0 amide bonds. The van der Waals surface area contributed by atoms with Crippen molar-refractivity contribution in [2.75, 3.05) is 0 Å². The number of alkyl halides is 6. The first-order valence-electron chi connectivity index (χ1n) is 4.98. The molecule has 0 spiro atoms. The van der Waals surface area contributed by atoms with Crippen molar-refractivity contribution >= 4 is 21.7 Å². The van der Waals surface area contributed by atoms with E-state index in [0.717, 1.165) is 12.1 Å². The fourth-order valence-electron chi connectivity index (χ4n) is 1.35. The van der Waals surface area contributed by atoms with Gasteiger partial charge < -0.3 is 4.74 Å². The summed E-state index contributed by atoms with van der Waals surface area (Å²) in [6.45, 7) is 1.38. The van der Waals surface area contributed by atoms with Gasteiger partial charge in [-0.25, -0.2) is 8.78 Å². The van der Waals surface area contributed by atoms with Crippen LogP contribution in [-0.4, -0.2) is 17.0 Å². The number of hydrogen-bond acceptors (Lipinski definition) is 2. The highest BCUT2D eigenvalue weighted by Crippen LogP contribution is 2.30. The molecule has 1 rings (SSSR count). The molecule has 2 nitrogen and oxygen atoms in total. The predicted octanol–water partition coefficient (Wildman–Crippen LogP) is 4.49. The largest absolute Gasteiger partial charge is 0.573 e. The minimum absolute atomic E-state index is 0.499. The molecule has 1 aromatic carbocycles. The molecule has 0 heterocycles. The number of hydrogen-bond donors (Lipinski definition) is 0. The number of benzene rings is 1. The molecule has 0 fully saturated rings. The first-order chi connectivity index (χ1) is 8.61. The lowest BCUT2D eigenvalue weighted by atomic mass is 10.0. The maximum Gasteiger partial charge on any atom is 0.573 e. The first kappa shape index (κ1) is 15.9. The Balaban J connectivity index is 3.22. The van der Waals surface area contributed by atoms with Crippen LogP contribution >= 0.6 is 15.9 Å². The van der Waals surface area contributed by atoms with E-state index in [1.165, 1.54) is 6.92 Å². The zero-order valence-electron chi connectivity index (χ0n) is 9.47. The highest BCUT2D eigenvalue weighted by atomic mass is 79.9. The Bertz CT molecular complexity index is 471. The second-order valence-corrected chi connectivity index (χ2v) is 4.95. The van der Waals surface area contributed by atoms with Crippen molar-refractivity contribution in [1.82, 2.24) is 0 Å². The molecule has 0 saturated carbocycles. The van der Waals surface area contributed by atoms with E-state index < -0.39 is 40.3 Å². The van der Waals surface area contributed by atoms with Crippen molar-refractivity contribution in [2.45, 2.75) is 24.5 Å². The molecule has 1 aromatic rings. The van der Waals surface area contributed by atoms with Gasteiger partial charge in [0.15, 0.2) is 5.78 Å². The maximum absolute atomic E-state index is 12.7. The van der Waals surface area contributed by atoms with Gasteiger partial charge >= 0.3 is 6.36 Å². The van der Waals surface area contributed by atoms with Gasteiger partial charge in [-0.2, -0.15) is 0 Å². The van der Waals surface area contributed by atoms with E-state index in [4.69, 9.17) is 0 Å². The molecular formula is C11H8BrF5O2. The summed E-state index contributed by atoms with van der Waals surface area (Å²) >= 11 is 2.89. The number of ether oxygens (including phenoxy) is 1. The second-order valence-electron chi connectivity index (χ2n) is 3.58.